The van der Waals surface area contributed by atoms with Crippen LogP contribution in [-0.4, -0.2) is 61.8 Å². The van der Waals surface area contributed by atoms with Crippen molar-refractivity contribution in [1.82, 2.24) is 4.90 Å². The lowest BCUT2D eigenvalue weighted by Gasteiger charge is -2.31. The van der Waals surface area contributed by atoms with Gasteiger partial charge >= 0.3 is 5.97 Å². The third-order valence-corrected chi connectivity index (χ3v) is 7.33. The minimum Gasteiger partial charge on any atom is -0.490 e. The summed E-state index contributed by atoms with van der Waals surface area (Å²) in [5, 5.41) is 0. The van der Waals surface area contributed by atoms with E-state index in [0.717, 1.165) is 87.2 Å². The van der Waals surface area contributed by atoms with E-state index >= 15 is 0 Å². The molecular formula is C28H34N2O4. The number of nitrogens with zero attached hydrogens (tertiary/aromatic N) is 2. The van der Waals surface area contributed by atoms with Crippen LogP contribution >= 0.6 is 0 Å². The Kier molecular flexibility index (Phi) is 6.97. The smallest absolute Gasteiger partial charge is 0.340 e. The highest BCUT2D eigenvalue weighted by Crippen LogP contribution is 2.37. The van der Waals surface area contributed by atoms with Gasteiger partial charge in [0.2, 0.25) is 5.90 Å². The number of methoxy groups -OCH3 is 1. The van der Waals surface area contributed by atoms with E-state index in [1.54, 1.807) is 7.11 Å². The molecule has 0 radical (unpaired) electrons. The molecule has 0 aromatic heterocycles. The molecule has 6 nitrogen and oxygen atoms in total. The van der Waals surface area contributed by atoms with Gasteiger partial charge in [0.25, 0.3) is 0 Å². The summed E-state index contributed by atoms with van der Waals surface area (Å²) in [4.78, 5) is 19.7. The zero-order valence-electron chi connectivity index (χ0n) is 20.0. The molecule has 1 aliphatic carbocycles. The Labute approximate surface area is 201 Å². The van der Waals surface area contributed by atoms with Crippen LogP contribution in [0.5, 0.6) is 5.75 Å². The van der Waals surface area contributed by atoms with Gasteiger partial charge in [-0.25, -0.2) is 9.79 Å². The first-order chi connectivity index (χ1) is 16.6. The second-order valence-electron chi connectivity index (χ2n) is 9.65. The van der Waals surface area contributed by atoms with Crippen molar-refractivity contribution in [3.63, 3.8) is 0 Å². The molecule has 6 heteroatoms. The van der Waals surface area contributed by atoms with Crippen LogP contribution in [0.1, 0.15) is 50.5 Å². The zero-order chi connectivity index (χ0) is 23.4. The van der Waals surface area contributed by atoms with Crippen LogP contribution in [0.3, 0.4) is 0 Å². The molecule has 0 N–H and O–H groups in total. The third kappa shape index (κ3) is 5.03. The van der Waals surface area contributed by atoms with Crippen molar-refractivity contribution >= 4 is 11.9 Å². The van der Waals surface area contributed by atoms with Crippen molar-refractivity contribution < 1.29 is 19.0 Å². The van der Waals surface area contributed by atoms with Gasteiger partial charge < -0.3 is 19.1 Å². The number of hydrogen-bond acceptors (Lipinski definition) is 6. The van der Waals surface area contributed by atoms with E-state index < -0.39 is 5.54 Å². The fraction of sp³-hybridized carbons (Fsp3) is 0.500. The largest absolute Gasteiger partial charge is 0.490 e. The SMILES string of the molecule is COCCN1CCC(Oc2ccc(-c3ccc(C4=NC5(CCCCC5)C(=O)O4)cc3)cc2)CC1. The molecule has 2 fully saturated rings. The van der Waals surface area contributed by atoms with Gasteiger partial charge in [-0.15, -0.1) is 0 Å². The number of esters is 1. The summed E-state index contributed by atoms with van der Waals surface area (Å²) in [5.74, 6) is 1.21. The lowest BCUT2D eigenvalue weighted by Crippen LogP contribution is -2.39. The summed E-state index contributed by atoms with van der Waals surface area (Å²) in [7, 11) is 1.75. The molecule has 2 heterocycles. The maximum Gasteiger partial charge on any atom is 0.340 e. The first kappa shape index (κ1) is 23.1. The Hall–Kier alpha value is -2.70. The molecule has 2 aromatic rings. The van der Waals surface area contributed by atoms with Crippen molar-refractivity contribution in [2.75, 3.05) is 33.4 Å². The molecule has 34 heavy (non-hydrogen) atoms. The number of hydrogen-bond donors (Lipinski definition) is 0. The monoisotopic (exact) mass is 462 g/mol. The highest BCUT2D eigenvalue weighted by atomic mass is 16.6. The second kappa shape index (κ2) is 10.3. The third-order valence-electron chi connectivity index (χ3n) is 7.33. The van der Waals surface area contributed by atoms with Crippen molar-refractivity contribution in [3.8, 4) is 16.9 Å². The van der Waals surface area contributed by atoms with Gasteiger partial charge in [0.05, 0.1) is 6.61 Å². The van der Waals surface area contributed by atoms with E-state index in [0.29, 0.717) is 5.90 Å². The van der Waals surface area contributed by atoms with Gasteiger partial charge in [-0.1, -0.05) is 43.5 Å². The molecular weight excluding hydrogens is 428 g/mol. The van der Waals surface area contributed by atoms with Crippen LogP contribution in [0.25, 0.3) is 11.1 Å². The van der Waals surface area contributed by atoms with Crippen molar-refractivity contribution in [3.05, 3.63) is 54.1 Å². The number of carbonyl (C=O) groups is 1. The van der Waals surface area contributed by atoms with E-state index in [-0.39, 0.29) is 12.1 Å². The molecule has 0 atom stereocenters. The molecule has 0 unspecified atom stereocenters. The molecule has 0 amide bonds. The molecule has 2 aliphatic heterocycles. The maximum absolute atomic E-state index is 12.5. The molecule has 3 aliphatic rings. The Bertz CT molecular complexity index is 1000. The number of cyclic esters (lactones) is 1. The first-order valence-electron chi connectivity index (χ1n) is 12.6. The van der Waals surface area contributed by atoms with E-state index in [4.69, 9.17) is 19.2 Å². The fourth-order valence-electron chi connectivity index (χ4n) is 5.22. The summed E-state index contributed by atoms with van der Waals surface area (Å²) in [6.45, 7) is 3.89. The van der Waals surface area contributed by atoms with E-state index in [1.807, 2.05) is 12.1 Å². The Morgan fingerprint density at radius 1 is 0.941 bits per heavy atom. The average Bonchev–Trinajstić information content (AvgIpc) is 3.19. The first-order valence-corrected chi connectivity index (χ1v) is 12.6. The van der Waals surface area contributed by atoms with E-state index in [1.165, 1.54) is 6.42 Å². The van der Waals surface area contributed by atoms with Crippen molar-refractivity contribution in [1.29, 1.82) is 0 Å². The molecule has 0 bridgehead atoms. The topological polar surface area (TPSA) is 60.4 Å². The quantitative estimate of drug-likeness (QED) is 0.551. The van der Waals surface area contributed by atoms with Crippen LogP contribution in [0.15, 0.2) is 53.5 Å². The summed E-state index contributed by atoms with van der Waals surface area (Å²) in [5.41, 5.74) is 2.46. The minimum atomic E-state index is -0.636. The number of piperidine rings is 1. The second-order valence-corrected chi connectivity index (χ2v) is 9.65. The van der Waals surface area contributed by atoms with Gasteiger partial charge in [0, 0.05) is 32.3 Å². The van der Waals surface area contributed by atoms with Crippen LogP contribution in [0.2, 0.25) is 0 Å². The minimum absolute atomic E-state index is 0.178. The van der Waals surface area contributed by atoms with Gasteiger partial charge in [-0.3, -0.25) is 0 Å². The summed E-state index contributed by atoms with van der Waals surface area (Å²) >= 11 is 0. The molecule has 180 valence electrons. The fourth-order valence-corrected chi connectivity index (χ4v) is 5.22. The lowest BCUT2D eigenvalue weighted by atomic mass is 9.83. The van der Waals surface area contributed by atoms with Gasteiger partial charge in [-0.2, -0.15) is 0 Å². The van der Waals surface area contributed by atoms with Crippen LogP contribution in [0, 0.1) is 0 Å². The van der Waals surface area contributed by atoms with Gasteiger partial charge in [0.1, 0.15) is 11.9 Å². The van der Waals surface area contributed by atoms with Gasteiger partial charge in [-0.05, 0) is 61.1 Å². The predicted molar refractivity (Wildman–Crippen MR) is 132 cm³/mol. The summed E-state index contributed by atoms with van der Waals surface area (Å²) in [6, 6.07) is 16.4. The van der Waals surface area contributed by atoms with Crippen LogP contribution in [0.4, 0.5) is 0 Å². The average molecular weight is 463 g/mol. The summed E-state index contributed by atoms with van der Waals surface area (Å²) < 4.78 is 17.0. The number of benzene rings is 2. The van der Waals surface area contributed by atoms with E-state index in [2.05, 4.69) is 41.3 Å². The maximum atomic E-state index is 12.5. The van der Waals surface area contributed by atoms with Crippen molar-refractivity contribution in [2.24, 2.45) is 4.99 Å². The number of carbonyl (C=O) groups excluding carboxylic acids is 1. The number of rotatable bonds is 7. The Morgan fingerprint density at radius 3 is 2.21 bits per heavy atom. The van der Waals surface area contributed by atoms with E-state index in [9.17, 15) is 4.79 Å². The van der Waals surface area contributed by atoms with Crippen LogP contribution in [-0.2, 0) is 14.3 Å². The Balaban J connectivity index is 1.19. The highest BCUT2D eigenvalue weighted by Gasteiger charge is 2.46. The van der Waals surface area contributed by atoms with Gasteiger partial charge in [0.15, 0.2) is 5.54 Å². The number of likely N-dealkylation sites (tertiary alicyclic amines) is 1. The molecule has 5 rings (SSSR count). The molecule has 2 aromatic carbocycles. The molecule has 1 saturated heterocycles. The lowest BCUT2D eigenvalue weighted by molar-refractivity contribution is -0.140. The van der Waals surface area contributed by atoms with Crippen LogP contribution < -0.4 is 4.74 Å². The normalized spacial score (nSPS) is 20.9. The molecule has 1 spiro atoms. The molecule has 1 saturated carbocycles. The van der Waals surface area contributed by atoms with Crippen molar-refractivity contribution in [2.45, 2.75) is 56.6 Å². The predicted octanol–water partition coefficient (Wildman–Crippen LogP) is 4.85. The standard InChI is InChI=1S/C28H34N2O4/c1-32-20-19-30-17-13-25(14-18-30)33-24-11-9-22(10-12-24)21-5-7-23(8-6-21)26-29-28(27(31)34-26)15-3-2-4-16-28/h5-12,25H,2-4,13-20H2,1H3. The zero-order valence-corrected chi connectivity index (χ0v) is 20.0. The number of aliphatic imine (C=N–C) groups is 1. The summed E-state index contributed by atoms with van der Waals surface area (Å²) in [6.07, 6.45) is 7.21. The number of ether oxygens (including phenoxy) is 3. The Morgan fingerprint density at radius 2 is 1.56 bits per heavy atom. The highest BCUT2D eigenvalue weighted by molar-refractivity contribution is 6.08.